The van der Waals surface area contributed by atoms with Crippen molar-refractivity contribution in [1.82, 2.24) is 15.2 Å². The maximum absolute atomic E-state index is 12.6. The normalized spacial score (nSPS) is 25.2. The van der Waals surface area contributed by atoms with Crippen molar-refractivity contribution in [2.24, 2.45) is 5.41 Å². The number of hydrogen-bond donors (Lipinski definition) is 2. The summed E-state index contributed by atoms with van der Waals surface area (Å²) in [5.74, 6) is 0.146. The van der Waals surface area contributed by atoms with Crippen molar-refractivity contribution in [1.29, 1.82) is 0 Å². The van der Waals surface area contributed by atoms with Crippen molar-refractivity contribution in [2.45, 2.75) is 38.4 Å². The molecule has 1 aliphatic carbocycles. The Balaban J connectivity index is 1.28. The van der Waals surface area contributed by atoms with Crippen LogP contribution in [0.5, 0.6) is 11.6 Å². The molecule has 28 heavy (non-hydrogen) atoms. The number of piperidine rings is 1. The molecule has 2 aromatic rings. The first kappa shape index (κ1) is 18.4. The van der Waals surface area contributed by atoms with Crippen LogP contribution in [0.15, 0.2) is 48.7 Å². The van der Waals surface area contributed by atoms with E-state index in [-0.39, 0.29) is 23.9 Å². The summed E-state index contributed by atoms with van der Waals surface area (Å²) in [4.78, 5) is 29.8. The second-order valence-electron chi connectivity index (χ2n) is 7.76. The molecular formula is C21H23N3O4. The van der Waals surface area contributed by atoms with E-state index in [1.807, 2.05) is 36.4 Å². The molecule has 0 bridgehead atoms. The first-order valence-corrected chi connectivity index (χ1v) is 9.39. The minimum atomic E-state index is -0.917. The van der Waals surface area contributed by atoms with Crippen LogP contribution >= 0.6 is 0 Å². The van der Waals surface area contributed by atoms with Crippen LogP contribution in [0, 0.1) is 5.41 Å². The van der Waals surface area contributed by atoms with E-state index in [1.54, 1.807) is 17.2 Å². The van der Waals surface area contributed by atoms with Crippen molar-refractivity contribution in [3.05, 3.63) is 54.2 Å². The SMILES string of the molecule is C[C@@]12C[C@@H]1N(C(=O)CNCc1ccc(Oc3ccccc3)nc1)[C@H](C(=O)O)C2. The van der Waals surface area contributed by atoms with Crippen LogP contribution in [0.4, 0.5) is 0 Å². The topological polar surface area (TPSA) is 91.8 Å². The van der Waals surface area contributed by atoms with Gasteiger partial charge in [-0.1, -0.05) is 31.2 Å². The summed E-state index contributed by atoms with van der Waals surface area (Å²) >= 11 is 0. The number of para-hydroxylation sites is 1. The van der Waals surface area contributed by atoms with E-state index < -0.39 is 12.0 Å². The number of pyridine rings is 1. The maximum atomic E-state index is 12.6. The van der Waals surface area contributed by atoms with Crippen LogP contribution in [0.25, 0.3) is 0 Å². The second kappa shape index (κ2) is 7.24. The van der Waals surface area contributed by atoms with Crippen LogP contribution < -0.4 is 10.1 Å². The summed E-state index contributed by atoms with van der Waals surface area (Å²) in [7, 11) is 0. The number of aliphatic carboxylic acids is 1. The zero-order valence-corrected chi connectivity index (χ0v) is 15.7. The molecule has 2 fully saturated rings. The molecule has 2 heterocycles. The first-order chi connectivity index (χ1) is 13.5. The number of carboxylic acid groups (broad SMARTS) is 1. The molecule has 2 aliphatic rings. The van der Waals surface area contributed by atoms with Gasteiger partial charge in [-0.3, -0.25) is 4.79 Å². The zero-order valence-electron chi connectivity index (χ0n) is 15.7. The number of benzene rings is 1. The number of aromatic nitrogens is 1. The fourth-order valence-electron chi connectivity index (χ4n) is 3.94. The highest BCUT2D eigenvalue weighted by Crippen LogP contribution is 2.59. The van der Waals surface area contributed by atoms with E-state index in [1.165, 1.54) is 0 Å². The summed E-state index contributed by atoms with van der Waals surface area (Å²) in [6, 6.07) is 12.5. The molecule has 0 radical (unpaired) electrons. The Bertz CT molecular complexity index is 871. The molecule has 1 saturated carbocycles. The van der Waals surface area contributed by atoms with Gasteiger partial charge in [0.25, 0.3) is 0 Å². The zero-order chi connectivity index (χ0) is 19.7. The number of carboxylic acids is 1. The van der Waals surface area contributed by atoms with E-state index in [0.717, 1.165) is 17.7 Å². The van der Waals surface area contributed by atoms with Gasteiger partial charge < -0.3 is 20.1 Å². The molecule has 1 aromatic heterocycles. The van der Waals surface area contributed by atoms with E-state index in [2.05, 4.69) is 17.2 Å². The van der Waals surface area contributed by atoms with Crippen LogP contribution in [0.1, 0.15) is 25.3 Å². The van der Waals surface area contributed by atoms with Crippen molar-refractivity contribution in [2.75, 3.05) is 6.54 Å². The smallest absolute Gasteiger partial charge is 0.326 e. The molecule has 3 atom stereocenters. The number of carbonyl (C=O) groups excluding carboxylic acids is 1. The number of fused-ring (bicyclic) bond motifs is 1. The number of rotatable bonds is 7. The molecule has 1 saturated heterocycles. The van der Waals surface area contributed by atoms with Crippen molar-refractivity contribution >= 4 is 11.9 Å². The van der Waals surface area contributed by atoms with Crippen molar-refractivity contribution in [3.8, 4) is 11.6 Å². The quantitative estimate of drug-likeness (QED) is 0.765. The molecule has 1 amide bonds. The fraction of sp³-hybridized carbons (Fsp3) is 0.381. The van der Waals surface area contributed by atoms with Crippen molar-refractivity contribution < 1.29 is 19.4 Å². The summed E-state index contributed by atoms with van der Waals surface area (Å²) in [6.07, 6.45) is 3.14. The highest BCUT2D eigenvalue weighted by Gasteiger charge is 2.64. The highest BCUT2D eigenvalue weighted by molar-refractivity contribution is 5.86. The van der Waals surface area contributed by atoms with Crippen LogP contribution in [0.2, 0.25) is 0 Å². The maximum Gasteiger partial charge on any atom is 0.326 e. The average Bonchev–Trinajstić information content (AvgIpc) is 3.24. The molecule has 1 aromatic carbocycles. The van der Waals surface area contributed by atoms with Gasteiger partial charge in [0, 0.05) is 24.8 Å². The lowest BCUT2D eigenvalue weighted by molar-refractivity contribution is -0.149. The third kappa shape index (κ3) is 3.71. The van der Waals surface area contributed by atoms with E-state index >= 15 is 0 Å². The lowest BCUT2D eigenvalue weighted by atomic mass is 10.0. The fourth-order valence-corrected chi connectivity index (χ4v) is 3.94. The predicted octanol–water partition coefficient (Wildman–Crippen LogP) is 2.43. The standard InChI is InChI=1S/C21H23N3O4/c1-21-9-16(20(26)27)24(17(21)10-21)19(25)13-22-11-14-7-8-18(23-12-14)28-15-5-3-2-4-6-15/h2-8,12,16-17,22H,9-11,13H2,1H3,(H,26,27)/t16-,17-,21+/m0/s1. The van der Waals surface area contributed by atoms with Crippen LogP contribution in [-0.2, 0) is 16.1 Å². The Morgan fingerprint density at radius 2 is 2.04 bits per heavy atom. The highest BCUT2D eigenvalue weighted by atomic mass is 16.5. The van der Waals surface area contributed by atoms with Gasteiger partial charge in [-0.2, -0.15) is 0 Å². The van der Waals surface area contributed by atoms with Gasteiger partial charge in [-0.25, -0.2) is 9.78 Å². The number of likely N-dealkylation sites (tertiary alicyclic amines) is 1. The van der Waals surface area contributed by atoms with Crippen molar-refractivity contribution in [3.63, 3.8) is 0 Å². The molecule has 2 N–H and O–H groups in total. The lowest BCUT2D eigenvalue weighted by Crippen LogP contribution is -2.46. The number of ether oxygens (including phenoxy) is 1. The molecule has 4 rings (SSSR count). The predicted molar refractivity (Wildman–Crippen MR) is 102 cm³/mol. The minimum absolute atomic E-state index is 0.0166. The average molecular weight is 381 g/mol. The number of hydrogen-bond acceptors (Lipinski definition) is 5. The lowest BCUT2D eigenvalue weighted by Gasteiger charge is -2.24. The molecule has 146 valence electrons. The van der Waals surface area contributed by atoms with E-state index in [0.29, 0.717) is 18.8 Å². The van der Waals surface area contributed by atoms with Gasteiger partial charge in [0.05, 0.1) is 6.54 Å². The molecule has 7 heteroatoms. The van der Waals surface area contributed by atoms with E-state index in [9.17, 15) is 14.7 Å². The third-order valence-electron chi connectivity index (χ3n) is 5.58. The van der Waals surface area contributed by atoms with Crippen LogP contribution in [0.3, 0.4) is 0 Å². The molecule has 0 unspecified atom stereocenters. The number of nitrogens with zero attached hydrogens (tertiary/aromatic N) is 2. The molecule has 1 aliphatic heterocycles. The second-order valence-corrected chi connectivity index (χ2v) is 7.76. The summed E-state index contributed by atoms with van der Waals surface area (Å²) in [5, 5.41) is 12.5. The van der Waals surface area contributed by atoms with Gasteiger partial charge in [0.2, 0.25) is 11.8 Å². The Kier molecular flexibility index (Phi) is 4.77. The van der Waals surface area contributed by atoms with E-state index in [4.69, 9.17) is 4.74 Å². The van der Waals surface area contributed by atoms with Gasteiger partial charge >= 0.3 is 5.97 Å². The Morgan fingerprint density at radius 1 is 1.25 bits per heavy atom. The first-order valence-electron chi connectivity index (χ1n) is 9.39. The largest absolute Gasteiger partial charge is 0.480 e. The van der Waals surface area contributed by atoms with Gasteiger partial charge in [-0.05, 0) is 36.0 Å². The van der Waals surface area contributed by atoms with Gasteiger partial charge in [-0.15, -0.1) is 0 Å². The third-order valence-corrected chi connectivity index (χ3v) is 5.58. The number of amides is 1. The summed E-state index contributed by atoms with van der Waals surface area (Å²) in [5.41, 5.74) is 0.901. The number of carbonyl (C=O) groups is 2. The monoisotopic (exact) mass is 381 g/mol. The number of nitrogens with one attached hydrogen (secondary N) is 1. The minimum Gasteiger partial charge on any atom is -0.480 e. The Labute approximate surface area is 163 Å². The summed E-state index contributed by atoms with van der Waals surface area (Å²) in [6.45, 7) is 2.63. The Hall–Kier alpha value is -2.93. The van der Waals surface area contributed by atoms with Gasteiger partial charge in [0.15, 0.2) is 0 Å². The molecule has 7 nitrogen and oxygen atoms in total. The Morgan fingerprint density at radius 3 is 2.71 bits per heavy atom. The van der Waals surface area contributed by atoms with Crippen LogP contribution in [-0.4, -0.2) is 45.5 Å². The summed E-state index contributed by atoms with van der Waals surface area (Å²) < 4.78 is 5.66. The van der Waals surface area contributed by atoms with Gasteiger partial charge in [0.1, 0.15) is 11.8 Å². The molecule has 0 spiro atoms. The molecular weight excluding hydrogens is 358 g/mol.